The molecule has 3 rings (SSSR count). The van der Waals surface area contributed by atoms with E-state index in [4.69, 9.17) is 5.11 Å². The van der Waals surface area contributed by atoms with Gasteiger partial charge in [-0.15, -0.1) is 0 Å². The fourth-order valence-corrected chi connectivity index (χ4v) is 2.63. The Morgan fingerprint density at radius 3 is 2.30 bits per heavy atom. The summed E-state index contributed by atoms with van der Waals surface area (Å²) in [4.78, 5) is 37.3. The van der Waals surface area contributed by atoms with Crippen molar-refractivity contribution in [1.82, 2.24) is 5.32 Å². The van der Waals surface area contributed by atoms with Crippen LogP contribution in [-0.4, -0.2) is 23.0 Å². The fraction of sp³-hybridized carbons (Fsp3) is 0.357. The third-order valence-electron chi connectivity index (χ3n) is 4.05. The topological polar surface area (TPSA) is 86.7 Å². The smallest absolute Gasteiger partial charge is 0.335 e. The minimum atomic E-state index is -1.07. The van der Waals surface area contributed by atoms with Gasteiger partial charge in [0.2, 0.25) is 5.91 Å². The molecule has 1 saturated carbocycles. The molecular formula is C14H14N2O4. The summed E-state index contributed by atoms with van der Waals surface area (Å²) in [6, 6.07) is 5.74. The average molecular weight is 274 g/mol. The predicted octanol–water partition coefficient (Wildman–Crippen LogP) is 0.932. The molecule has 6 nitrogen and oxygen atoms in total. The van der Waals surface area contributed by atoms with Crippen LogP contribution in [0.5, 0.6) is 0 Å². The number of benzene rings is 1. The monoisotopic (exact) mass is 274 g/mol. The number of hydrogen-bond donors (Lipinski definition) is 2. The first-order valence-corrected chi connectivity index (χ1v) is 6.48. The minimum absolute atomic E-state index is 0.108. The number of aliphatic hydroxyl groups is 1. The summed E-state index contributed by atoms with van der Waals surface area (Å²) in [7, 11) is 0. The van der Waals surface area contributed by atoms with Crippen molar-refractivity contribution < 1.29 is 19.5 Å². The van der Waals surface area contributed by atoms with Crippen molar-refractivity contribution in [2.24, 2.45) is 5.41 Å². The maximum Gasteiger partial charge on any atom is 0.335 e. The Labute approximate surface area is 115 Å². The molecule has 2 fully saturated rings. The van der Waals surface area contributed by atoms with Crippen LogP contribution in [0.4, 0.5) is 10.5 Å². The molecule has 0 bridgehead atoms. The van der Waals surface area contributed by atoms with Crippen molar-refractivity contribution in [2.75, 3.05) is 4.90 Å². The Kier molecular flexibility index (Phi) is 2.83. The van der Waals surface area contributed by atoms with E-state index in [1.165, 1.54) is 0 Å². The number of urea groups is 1. The van der Waals surface area contributed by atoms with Crippen LogP contribution >= 0.6 is 0 Å². The fourth-order valence-electron chi connectivity index (χ4n) is 2.63. The second kappa shape index (κ2) is 4.42. The number of amides is 4. The molecule has 20 heavy (non-hydrogen) atoms. The van der Waals surface area contributed by atoms with E-state index in [0.29, 0.717) is 24.1 Å². The van der Waals surface area contributed by atoms with Gasteiger partial charge in [0, 0.05) is 0 Å². The number of hydrogen-bond acceptors (Lipinski definition) is 4. The predicted molar refractivity (Wildman–Crippen MR) is 69.7 cm³/mol. The third kappa shape index (κ3) is 1.65. The van der Waals surface area contributed by atoms with Gasteiger partial charge in [-0.3, -0.25) is 14.9 Å². The molecule has 0 atom stereocenters. The van der Waals surface area contributed by atoms with Gasteiger partial charge >= 0.3 is 6.03 Å². The highest BCUT2D eigenvalue weighted by atomic mass is 16.3. The molecule has 0 radical (unpaired) electrons. The van der Waals surface area contributed by atoms with E-state index in [9.17, 15) is 14.4 Å². The Morgan fingerprint density at radius 1 is 1.15 bits per heavy atom. The first-order chi connectivity index (χ1) is 9.58. The Balaban J connectivity index is 1.96. The Bertz CT molecular complexity index is 590. The summed E-state index contributed by atoms with van der Waals surface area (Å²) < 4.78 is 0. The van der Waals surface area contributed by atoms with Crippen LogP contribution in [0, 0.1) is 5.41 Å². The molecule has 2 aliphatic rings. The van der Waals surface area contributed by atoms with Crippen molar-refractivity contribution in [3.8, 4) is 0 Å². The largest absolute Gasteiger partial charge is 0.392 e. The van der Waals surface area contributed by atoms with Crippen LogP contribution in [0.15, 0.2) is 24.3 Å². The summed E-state index contributed by atoms with van der Waals surface area (Å²) in [5, 5.41) is 11.3. The van der Waals surface area contributed by atoms with Gasteiger partial charge in [0.1, 0.15) is 5.41 Å². The molecule has 1 spiro atoms. The average Bonchev–Trinajstić information content (AvgIpc) is 2.37. The van der Waals surface area contributed by atoms with Gasteiger partial charge in [0.25, 0.3) is 5.91 Å². The van der Waals surface area contributed by atoms with E-state index < -0.39 is 23.3 Å². The third-order valence-corrected chi connectivity index (χ3v) is 4.05. The summed E-state index contributed by atoms with van der Waals surface area (Å²) in [5.74, 6) is -0.934. The molecule has 1 heterocycles. The lowest BCUT2D eigenvalue weighted by molar-refractivity contribution is -0.148. The van der Waals surface area contributed by atoms with E-state index in [1.807, 2.05) is 0 Å². The van der Waals surface area contributed by atoms with E-state index >= 15 is 0 Å². The zero-order valence-corrected chi connectivity index (χ0v) is 10.8. The van der Waals surface area contributed by atoms with Crippen molar-refractivity contribution >= 4 is 23.5 Å². The zero-order valence-electron chi connectivity index (χ0n) is 10.8. The number of nitrogens with one attached hydrogen (secondary N) is 1. The van der Waals surface area contributed by atoms with Crippen molar-refractivity contribution in [1.29, 1.82) is 0 Å². The number of rotatable bonds is 2. The maximum atomic E-state index is 12.5. The Hall–Kier alpha value is -2.21. The lowest BCUT2D eigenvalue weighted by atomic mass is 9.66. The second-order valence-electron chi connectivity index (χ2n) is 5.16. The van der Waals surface area contributed by atoms with Crippen LogP contribution in [-0.2, 0) is 16.2 Å². The number of anilines is 1. The van der Waals surface area contributed by atoms with Crippen LogP contribution in [0.3, 0.4) is 0 Å². The molecule has 1 aliphatic carbocycles. The van der Waals surface area contributed by atoms with Crippen molar-refractivity contribution in [3.63, 3.8) is 0 Å². The molecule has 1 aromatic rings. The second-order valence-corrected chi connectivity index (χ2v) is 5.16. The van der Waals surface area contributed by atoms with Crippen LogP contribution in [0.1, 0.15) is 24.8 Å². The molecule has 4 amide bonds. The number of aliphatic hydroxyl groups excluding tert-OH is 1. The minimum Gasteiger partial charge on any atom is -0.392 e. The lowest BCUT2D eigenvalue weighted by Crippen LogP contribution is -2.66. The van der Waals surface area contributed by atoms with Gasteiger partial charge in [0.15, 0.2) is 0 Å². The number of barbiturate groups is 1. The van der Waals surface area contributed by atoms with Gasteiger partial charge in [-0.05, 0) is 30.5 Å². The molecule has 0 aromatic heterocycles. The highest BCUT2D eigenvalue weighted by molar-refractivity contribution is 6.30. The molecule has 1 aromatic carbocycles. The highest BCUT2D eigenvalue weighted by Crippen LogP contribution is 2.45. The van der Waals surface area contributed by atoms with E-state index in [2.05, 4.69) is 5.32 Å². The molecular weight excluding hydrogens is 260 g/mol. The quantitative estimate of drug-likeness (QED) is 0.785. The Morgan fingerprint density at radius 2 is 1.80 bits per heavy atom. The van der Waals surface area contributed by atoms with E-state index in [1.54, 1.807) is 24.3 Å². The summed E-state index contributed by atoms with van der Waals surface area (Å²) in [5.41, 5.74) is 0.0281. The van der Waals surface area contributed by atoms with Crippen LogP contribution in [0.2, 0.25) is 0 Å². The summed E-state index contributed by atoms with van der Waals surface area (Å²) >= 11 is 0. The van der Waals surface area contributed by atoms with Crippen LogP contribution < -0.4 is 10.2 Å². The van der Waals surface area contributed by atoms with Crippen LogP contribution in [0.25, 0.3) is 0 Å². The zero-order chi connectivity index (χ0) is 14.3. The molecule has 2 N–H and O–H groups in total. The number of carbonyl (C=O) groups excluding carboxylic acids is 3. The standard InChI is InChI=1S/C14H14N2O4/c17-8-9-2-4-10(5-3-9)16-12(19)14(6-1-7-14)11(18)15-13(16)20/h2-5,17H,1,6-8H2,(H,15,18,20). The van der Waals surface area contributed by atoms with Gasteiger partial charge in [-0.2, -0.15) is 0 Å². The summed E-state index contributed by atoms with van der Waals surface area (Å²) in [6.07, 6.45) is 1.77. The first-order valence-electron chi connectivity index (χ1n) is 6.48. The maximum absolute atomic E-state index is 12.5. The number of carbonyl (C=O) groups is 3. The van der Waals surface area contributed by atoms with E-state index in [0.717, 1.165) is 11.3 Å². The lowest BCUT2D eigenvalue weighted by Gasteiger charge is -2.44. The molecule has 104 valence electrons. The van der Waals surface area contributed by atoms with Crippen molar-refractivity contribution in [2.45, 2.75) is 25.9 Å². The van der Waals surface area contributed by atoms with Gasteiger partial charge < -0.3 is 5.11 Å². The van der Waals surface area contributed by atoms with Gasteiger partial charge in [-0.1, -0.05) is 18.6 Å². The van der Waals surface area contributed by atoms with Gasteiger partial charge in [0.05, 0.1) is 12.3 Å². The molecule has 0 unspecified atom stereocenters. The molecule has 1 saturated heterocycles. The normalized spacial score (nSPS) is 20.9. The molecule has 6 heteroatoms. The van der Waals surface area contributed by atoms with E-state index in [-0.39, 0.29) is 6.61 Å². The number of imide groups is 2. The number of nitrogens with zero attached hydrogens (tertiary/aromatic N) is 1. The first kappa shape index (κ1) is 12.8. The van der Waals surface area contributed by atoms with Gasteiger partial charge in [-0.25, -0.2) is 9.69 Å². The summed E-state index contributed by atoms with van der Waals surface area (Å²) in [6.45, 7) is -0.108. The highest BCUT2D eigenvalue weighted by Gasteiger charge is 2.57. The van der Waals surface area contributed by atoms with Crippen molar-refractivity contribution in [3.05, 3.63) is 29.8 Å². The SMILES string of the molecule is O=C1NC(=O)C2(CCC2)C(=O)N1c1ccc(CO)cc1. The molecule has 1 aliphatic heterocycles.